The Bertz CT molecular complexity index is 320. The van der Waals surface area contributed by atoms with Crippen molar-refractivity contribution in [3.8, 4) is 0 Å². The maximum absolute atomic E-state index is 10.5. The Morgan fingerprint density at radius 1 is 1.60 bits per heavy atom. The summed E-state index contributed by atoms with van der Waals surface area (Å²) in [5.74, 6) is 0.161. The van der Waals surface area contributed by atoms with E-state index in [-0.39, 0.29) is 17.7 Å². The first-order valence-electron chi connectivity index (χ1n) is 4.67. The van der Waals surface area contributed by atoms with Crippen molar-refractivity contribution < 1.29 is 8.76 Å². The molecule has 1 rings (SSSR count). The number of nitrogens with two attached hydrogens (primary N) is 1. The average molecular weight is 228 g/mol. The lowest BCUT2D eigenvalue weighted by Gasteiger charge is -2.17. The van der Waals surface area contributed by atoms with Gasteiger partial charge < -0.3 is 10.3 Å². The molecule has 3 atom stereocenters. The summed E-state index contributed by atoms with van der Waals surface area (Å²) >= 11 is -2.01. The standard InChI is InChI=1S/C9H15N3O2S/c1-7(6-15(13)14)4-8(10)9-5-11-2-3-12-9/h2-3,5,7-8H,4,6,10H2,1H3,(H,13,14)/p-1. The zero-order valence-electron chi connectivity index (χ0n) is 8.50. The van der Waals surface area contributed by atoms with Crippen LogP contribution in [0.5, 0.6) is 0 Å². The lowest BCUT2D eigenvalue weighted by molar-refractivity contribution is 0.479. The van der Waals surface area contributed by atoms with Gasteiger partial charge in [0.1, 0.15) is 0 Å². The highest BCUT2D eigenvalue weighted by Gasteiger charge is 2.12. The molecule has 0 aliphatic rings. The minimum Gasteiger partial charge on any atom is -0.772 e. The average Bonchev–Trinajstić information content (AvgIpc) is 2.17. The Kier molecular flexibility index (Phi) is 4.80. The molecule has 0 amide bonds. The van der Waals surface area contributed by atoms with Crippen LogP contribution >= 0.6 is 0 Å². The summed E-state index contributed by atoms with van der Waals surface area (Å²) in [4.78, 5) is 7.98. The molecule has 0 radical (unpaired) electrons. The van der Waals surface area contributed by atoms with E-state index in [0.717, 1.165) is 0 Å². The van der Waals surface area contributed by atoms with Gasteiger partial charge in [0, 0.05) is 30.4 Å². The van der Waals surface area contributed by atoms with E-state index in [9.17, 15) is 8.76 Å². The second kappa shape index (κ2) is 5.89. The maximum atomic E-state index is 10.5. The van der Waals surface area contributed by atoms with Gasteiger partial charge >= 0.3 is 0 Å². The monoisotopic (exact) mass is 228 g/mol. The van der Waals surface area contributed by atoms with E-state index in [4.69, 9.17) is 5.73 Å². The van der Waals surface area contributed by atoms with Crippen molar-refractivity contribution in [2.24, 2.45) is 11.7 Å². The molecule has 0 spiro atoms. The molecular formula is C9H14N3O2S-. The highest BCUT2D eigenvalue weighted by molar-refractivity contribution is 7.79. The Balaban J connectivity index is 2.49. The van der Waals surface area contributed by atoms with Gasteiger partial charge in [0.25, 0.3) is 0 Å². The predicted octanol–water partition coefficient (Wildman–Crippen LogP) is 0.382. The van der Waals surface area contributed by atoms with Crippen molar-refractivity contribution in [3.05, 3.63) is 24.3 Å². The number of rotatable bonds is 5. The van der Waals surface area contributed by atoms with Crippen LogP contribution in [0.3, 0.4) is 0 Å². The van der Waals surface area contributed by atoms with Crippen LogP contribution in [0.15, 0.2) is 18.6 Å². The molecular weight excluding hydrogens is 214 g/mol. The minimum atomic E-state index is -2.01. The Morgan fingerprint density at radius 3 is 2.87 bits per heavy atom. The van der Waals surface area contributed by atoms with Crippen LogP contribution in [-0.4, -0.2) is 24.5 Å². The highest BCUT2D eigenvalue weighted by Crippen LogP contribution is 2.16. The summed E-state index contributed by atoms with van der Waals surface area (Å²) in [5.41, 5.74) is 6.56. The lowest BCUT2D eigenvalue weighted by Crippen LogP contribution is -2.18. The van der Waals surface area contributed by atoms with Gasteiger partial charge in [-0.25, -0.2) is 0 Å². The topological polar surface area (TPSA) is 91.9 Å². The van der Waals surface area contributed by atoms with Crippen LogP contribution < -0.4 is 5.73 Å². The highest BCUT2D eigenvalue weighted by atomic mass is 32.2. The van der Waals surface area contributed by atoms with Gasteiger partial charge in [-0.1, -0.05) is 18.0 Å². The number of aromatic nitrogens is 2. The van der Waals surface area contributed by atoms with E-state index in [0.29, 0.717) is 12.1 Å². The Morgan fingerprint density at radius 2 is 2.33 bits per heavy atom. The van der Waals surface area contributed by atoms with Crippen molar-refractivity contribution in [2.75, 3.05) is 5.75 Å². The van der Waals surface area contributed by atoms with Gasteiger partial charge in [-0.15, -0.1) is 0 Å². The van der Waals surface area contributed by atoms with Gasteiger partial charge in [0.05, 0.1) is 5.69 Å². The van der Waals surface area contributed by atoms with Crippen LogP contribution in [0, 0.1) is 5.92 Å². The SMILES string of the molecule is CC(CC(N)c1cnccn1)CS(=O)[O-]. The molecule has 0 saturated heterocycles. The molecule has 1 aromatic heterocycles. The van der Waals surface area contributed by atoms with E-state index >= 15 is 0 Å². The molecule has 0 fully saturated rings. The molecule has 2 N–H and O–H groups in total. The van der Waals surface area contributed by atoms with Crippen LogP contribution in [0.4, 0.5) is 0 Å². The second-order valence-corrected chi connectivity index (χ2v) is 4.49. The fourth-order valence-corrected chi connectivity index (χ4v) is 1.96. The minimum absolute atomic E-state index is 0.0281. The first kappa shape index (κ1) is 12.2. The summed E-state index contributed by atoms with van der Waals surface area (Å²) in [7, 11) is 0. The van der Waals surface area contributed by atoms with E-state index in [1.54, 1.807) is 18.6 Å². The molecule has 1 aromatic rings. The third kappa shape index (κ3) is 4.46. The van der Waals surface area contributed by atoms with Crippen LogP contribution in [0.1, 0.15) is 25.1 Å². The fraction of sp³-hybridized carbons (Fsp3) is 0.556. The molecule has 0 aliphatic carbocycles. The quantitative estimate of drug-likeness (QED) is 0.735. The molecule has 0 saturated carbocycles. The fourth-order valence-electron chi connectivity index (χ4n) is 1.36. The summed E-state index contributed by atoms with van der Waals surface area (Å²) in [6.07, 6.45) is 5.34. The van der Waals surface area contributed by atoms with Crippen LogP contribution in [0.2, 0.25) is 0 Å². The number of hydrogen-bond acceptors (Lipinski definition) is 5. The normalized spacial score (nSPS) is 17.0. The van der Waals surface area contributed by atoms with Crippen molar-refractivity contribution in [3.63, 3.8) is 0 Å². The molecule has 15 heavy (non-hydrogen) atoms. The van der Waals surface area contributed by atoms with Crippen molar-refractivity contribution in [1.82, 2.24) is 9.97 Å². The molecule has 5 nitrogen and oxygen atoms in total. The van der Waals surface area contributed by atoms with Gasteiger partial charge in [-0.3, -0.25) is 14.2 Å². The summed E-state index contributed by atoms with van der Waals surface area (Å²) in [6.45, 7) is 1.85. The van der Waals surface area contributed by atoms with Crippen LogP contribution in [0.25, 0.3) is 0 Å². The van der Waals surface area contributed by atoms with E-state index < -0.39 is 11.1 Å². The first-order valence-corrected chi connectivity index (χ1v) is 5.91. The predicted molar refractivity (Wildman–Crippen MR) is 56.5 cm³/mol. The third-order valence-electron chi connectivity index (χ3n) is 2.04. The van der Waals surface area contributed by atoms with Gasteiger partial charge in [0.15, 0.2) is 0 Å². The van der Waals surface area contributed by atoms with Gasteiger partial charge in [-0.05, 0) is 12.3 Å². The van der Waals surface area contributed by atoms with Crippen LogP contribution in [-0.2, 0) is 11.1 Å². The van der Waals surface area contributed by atoms with Gasteiger partial charge in [-0.2, -0.15) is 0 Å². The molecule has 84 valence electrons. The molecule has 0 aliphatic heterocycles. The Hall–Kier alpha value is -0.850. The molecule has 1 heterocycles. The lowest BCUT2D eigenvalue weighted by atomic mass is 10.0. The van der Waals surface area contributed by atoms with E-state index in [1.165, 1.54) is 0 Å². The van der Waals surface area contributed by atoms with E-state index in [2.05, 4.69) is 9.97 Å². The maximum Gasteiger partial charge on any atom is 0.0753 e. The largest absolute Gasteiger partial charge is 0.772 e. The summed E-state index contributed by atoms with van der Waals surface area (Å²) < 4.78 is 20.9. The summed E-state index contributed by atoms with van der Waals surface area (Å²) in [5, 5.41) is 0. The van der Waals surface area contributed by atoms with E-state index in [1.807, 2.05) is 6.92 Å². The molecule has 0 aromatic carbocycles. The van der Waals surface area contributed by atoms with Crippen molar-refractivity contribution >= 4 is 11.1 Å². The first-order chi connectivity index (χ1) is 7.09. The number of hydrogen-bond donors (Lipinski definition) is 1. The number of nitrogens with zero attached hydrogens (tertiary/aromatic N) is 2. The summed E-state index contributed by atoms with van der Waals surface area (Å²) in [6, 6.07) is -0.253. The van der Waals surface area contributed by atoms with Gasteiger partial charge in [0.2, 0.25) is 0 Å². The van der Waals surface area contributed by atoms with Crippen molar-refractivity contribution in [2.45, 2.75) is 19.4 Å². The van der Waals surface area contributed by atoms with Crippen molar-refractivity contribution in [1.29, 1.82) is 0 Å². The zero-order valence-corrected chi connectivity index (χ0v) is 9.31. The zero-order chi connectivity index (χ0) is 11.3. The second-order valence-electron chi connectivity index (χ2n) is 3.55. The molecule has 0 bridgehead atoms. The third-order valence-corrected chi connectivity index (χ3v) is 2.88. The molecule has 6 heteroatoms. The molecule has 3 unspecified atom stereocenters. The Labute approximate surface area is 91.4 Å². The smallest absolute Gasteiger partial charge is 0.0753 e.